The molecule has 0 bridgehead atoms. The predicted molar refractivity (Wildman–Crippen MR) is 490 cm³/mol. The Bertz CT molecular complexity index is 4380. The molecule has 21 nitrogen and oxygen atoms in total. The fourth-order valence-electron chi connectivity index (χ4n) is 25.3. The largest absolute Gasteiger partial charge is 0.393 e. The second-order valence-electron chi connectivity index (χ2n) is 42.2. The first kappa shape index (κ1) is 101. The van der Waals surface area contributed by atoms with Crippen LogP contribution in [0.15, 0.2) is 175 Å². The standard InChI is InChI=1S/C16H21FO2.3C16H22O3.C16H20O2.C10H15FO3.C9H13FO2.C8H13FO3/c1-11-8-14(17)16(9-12(2)19-15(11)16)18-10-13-6-4-3-5-7-13;1-11-8-16(9-14(17)12(2)15(16)19-11)18-10-13-6-4-3-5-7-13;2*1-11-8-14(17)16(9-12(2)19-15(11)16)18-10-13-6-4-3-5-7-13;1-12-8-9-16(10-13(2)18-15(12)16)17-11-14-6-4-3-5-7-14;1-5-3-9(12)7(11)6-4-10(6,13-2)8(9)14-5;1-5-3-7(10)9(11)4-6(2)12-8(5)9;1-4-3-8(11)6(9)2-5(10)7(8)12-4/h3-7,11-12,14-15H,8-10H2,1-2H3;3*3-7,11-12,14-15,17H,8-10H2,1-2H3;3-9,12-13,15H,10-11H2,1-2H3;5-8,12H,3-4H2,1-2H3;3,6-8,11H,4H2,1-2H3;4-7,10-11H,2-3H2,1H3/t11-,12+,14?,15-,16-;11-,12+,14?,15+,16+;2*11-,12+,14?,15-,16-;12-,13+,15-,16+;5-,6-,7?,8-,9+,10+;6-,7?,8+,9+;4-,5+,6?,7+,8+/m10111000/s1. The summed E-state index contributed by atoms with van der Waals surface area (Å²) < 4.78 is 137. The molecule has 0 spiro atoms. The lowest BCUT2D eigenvalue weighted by Gasteiger charge is -2.32. The average Bonchev–Trinajstić information content (AvgIpc) is 1.49. The van der Waals surface area contributed by atoms with Crippen LogP contribution < -0.4 is 0 Å². The second kappa shape index (κ2) is 41.1. The maximum Gasteiger partial charge on any atom is 0.150 e. The van der Waals surface area contributed by atoms with Gasteiger partial charge in [0.05, 0.1) is 142 Å². The number of methoxy groups -OCH3 is 1. The molecule has 15 fully saturated rings. The number of halogens is 4. The van der Waals surface area contributed by atoms with E-state index in [9.17, 15) is 53.3 Å². The molecule has 17 aliphatic rings. The number of alkyl halides is 4. The number of hydrogen-bond donors (Lipinski definition) is 7. The molecular formula is C107H148F4O21. The minimum absolute atomic E-state index is 0.00606. The van der Waals surface area contributed by atoms with Crippen molar-refractivity contribution in [3.05, 3.63) is 203 Å². The van der Waals surface area contributed by atoms with Crippen molar-refractivity contribution in [1.82, 2.24) is 0 Å². The highest BCUT2D eigenvalue weighted by Gasteiger charge is 2.81. The van der Waals surface area contributed by atoms with Crippen LogP contribution in [0.4, 0.5) is 17.6 Å². The minimum atomic E-state index is -1.43. The maximum atomic E-state index is 14.5. The normalized spacial score (nSPS) is 46.1. The Balaban J connectivity index is 0.000000116. The van der Waals surface area contributed by atoms with Crippen LogP contribution in [0, 0.1) is 35.5 Å². The third-order valence-corrected chi connectivity index (χ3v) is 31.6. The van der Waals surface area contributed by atoms with Gasteiger partial charge in [-0.3, -0.25) is 0 Å². The highest BCUT2D eigenvalue weighted by atomic mass is 19.1. The number of aliphatic hydroxyl groups is 7. The Morgan fingerprint density at radius 3 is 1.23 bits per heavy atom. The van der Waals surface area contributed by atoms with Crippen LogP contribution in [0.25, 0.3) is 0 Å². The Kier molecular flexibility index (Phi) is 31.4. The smallest absolute Gasteiger partial charge is 0.150 e. The predicted octanol–water partition coefficient (Wildman–Crippen LogP) is 16.2. The van der Waals surface area contributed by atoms with Crippen molar-refractivity contribution in [2.24, 2.45) is 35.5 Å². The molecule has 8 heterocycles. The van der Waals surface area contributed by atoms with E-state index in [-0.39, 0.29) is 127 Å². The lowest BCUT2D eigenvalue weighted by atomic mass is 9.90. The van der Waals surface area contributed by atoms with Crippen LogP contribution >= 0.6 is 0 Å². The molecule has 8 aliphatic heterocycles. The van der Waals surface area contributed by atoms with E-state index in [0.29, 0.717) is 89.3 Å². The first-order valence-electron chi connectivity index (χ1n) is 48.8. The van der Waals surface area contributed by atoms with Crippen molar-refractivity contribution in [2.45, 2.75) is 417 Å². The topological polar surface area (TPSA) is 271 Å². The van der Waals surface area contributed by atoms with Crippen LogP contribution in [0.3, 0.4) is 0 Å². The minimum Gasteiger partial charge on any atom is -0.393 e. The number of aliphatic hydroxyl groups excluding tert-OH is 4. The molecule has 0 amide bonds. The zero-order valence-corrected chi connectivity index (χ0v) is 79.8. The first-order valence-corrected chi connectivity index (χ1v) is 48.8. The van der Waals surface area contributed by atoms with Crippen LogP contribution in [0.5, 0.6) is 0 Å². The Morgan fingerprint density at radius 1 is 0.356 bits per heavy atom. The quantitative estimate of drug-likeness (QED) is 0.0357. The van der Waals surface area contributed by atoms with E-state index in [1.54, 1.807) is 21.0 Å². The SMILES string of the molecule is CC1=CC(F)[C@]2(O)C[C@H](C)O[C@H]12.CO[C@]12C[C@H]1C(F)[C@]1(O)C[C@H](C)O[C@H]21.C[C@@H]1C(O)C[C@]2(OCc3ccccc3)C[C@H](C)O[C@H]12.C[C@@H]1C=C[C@]2(OCc3ccccc3)C[C@H](C)O[C@H]12.C[C@@H]1CC(F)[C@]2(OCc3ccccc3)C[C@H](C)O[C@H]12.C[C@@H]1CC(O)[C@]2(OCc3ccccc3)C[C@H](C)O[C@H]12.C[C@@H]1CC(O)[C@]2(OCc3ccccc3)C[C@H](C)O[C@H]12.C[C@H]1C[C@@]2(O)C(F)C[C@@H](O)[C@H]2O1. The molecule has 5 aromatic carbocycles. The lowest BCUT2D eigenvalue weighted by Crippen LogP contribution is -2.47. The number of ether oxygens (including phenoxy) is 14. The summed E-state index contributed by atoms with van der Waals surface area (Å²) >= 11 is 0. The van der Waals surface area contributed by atoms with Crippen molar-refractivity contribution < 1.29 is 120 Å². The van der Waals surface area contributed by atoms with Crippen LogP contribution in [0.2, 0.25) is 0 Å². The summed E-state index contributed by atoms with van der Waals surface area (Å²) in [5, 5.41) is 70.1. The molecule has 7 unspecified atom stereocenters. The summed E-state index contributed by atoms with van der Waals surface area (Å²) in [4.78, 5) is 0. The van der Waals surface area contributed by atoms with Crippen LogP contribution in [-0.4, -0.2) is 240 Å². The Labute approximate surface area is 778 Å². The van der Waals surface area contributed by atoms with E-state index >= 15 is 0 Å². The molecule has 9 aliphatic carbocycles. The van der Waals surface area contributed by atoms with Crippen molar-refractivity contribution >= 4 is 0 Å². The summed E-state index contributed by atoms with van der Waals surface area (Å²) in [5.74, 6) is 1.39. The van der Waals surface area contributed by atoms with E-state index in [0.717, 1.165) is 60.8 Å². The summed E-state index contributed by atoms with van der Waals surface area (Å²) in [6, 6.07) is 50.7. The van der Waals surface area contributed by atoms with E-state index < -0.39 is 101 Å². The summed E-state index contributed by atoms with van der Waals surface area (Å²) in [5.41, 5.74) is -0.192. The number of hydrogen-bond acceptors (Lipinski definition) is 21. The van der Waals surface area contributed by atoms with E-state index in [1.165, 1.54) is 17.2 Å². The van der Waals surface area contributed by atoms with Gasteiger partial charge in [0, 0.05) is 89.1 Å². The Hall–Kier alpha value is -5.54. The van der Waals surface area contributed by atoms with Crippen LogP contribution in [-0.2, 0) is 99.4 Å². The van der Waals surface area contributed by atoms with Gasteiger partial charge in [-0.2, -0.15) is 0 Å². The molecule has 5 aromatic rings. The molecule has 7 N–H and O–H groups in total. The fourth-order valence-corrected chi connectivity index (χ4v) is 25.3. The maximum absolute atomic E-state index is 14.5. The fraction of sp³-hybridized carbons (Fsp3) is 0.682. The molecule has 39 atom stereocenters. The Morgan fingerprint density at radius 2 is 0.742 bits per heavy atom. The summed E-state index contributed by atoms with van der Waals surface area (Å²) in [6.07, 6.45) is 7.05. The van der Waals surface area contributed by atoms with Gasteiger partial charge in [0.25, 0.3) is 0 Å². The molecule has 0 aromatic heterocycles. The van der Waals surface area contributed by atoms with Gasteiger partial charge in [-0.1, -0.05) is 198 Å². The van der Waals surface area contributed by atoms with Crippen LogP contribution in [0.1, 0.15) is 215 Å². The molecule has 7 saturated carbocycles. The zero-order valence-electron chi connectivity index (χ0n) is 79.8. The highest BCUT2D eigenvalue weighted by Crippen LogP contribution is 2.67. The van der Waals surface area contributed by atoms with Gasteiger partial charge in [0.1, 0.15) is 81.6 Å². The number of rotatable bonds is 16. The van der Waals surface area contributed by atoms with Crippen molar-refractivity contribution in [1.29, 1.82) is 0 Å². The number of fused-ring (bicyclic) bond motifs is 10. The van der Waals surface area contributed by atoms with E-state index in [2.05, 4.69) is 135 Å². The molecule has 132 heavy (non-hydrogen) atoms. The summed E-state index contributed by atoms with van der Waals surface area (Å²) in [6.45, 7) is 31.0. The molecule has 8 saturated heterocycles. The van der Waals surface area contributed by atoms with Gasteiger partial charge in [-0.25, -0.2) is 17.6 Å². The van der Waals surface area contributed by atoms with Gasteiger partial charge in [0.15, 0.2) is 6.17 Å². The van der Waals surface area contributed by atoms with Gasteiger partial charge in [-0.05, 0) is 145 Å². The van der Waals surface area contributed by atoms with Gasteiger partial charge < -0.3 is 102 Å². The van der Waals surface area contributed by atoms with Gasteiger partial charge in [0.2, 0.25) is 0 Å². The molecule has 0 radical (unpaired) electrons. The summed E-state index contributed by atoms with van der Waals surface area (Å²) in [7, 11) is 1.57. The van der Waals surface area contributed by atoms with E-state index in [4.69, 9.17) is 66.3 Å². The van der Waals surface area contributed by atoms with Crippen molar-refractivity contribution in [3.63, 3.8) is 0 Å². The zero-order chi connectivity index (χ0) is 94.4. The molecule has 730 valence electrons. The van der Waals surface area contributed by atoms with Gasteiger partial charge >= 0.3 is 0 Å². The number of benzene rings is 5. The lowest BCUT2D eigenvalue weighted by molar-refractivity contribution is -0.137. The first-order chi connectivity index (χ1) is 62.8. The highest BCUT2D eigenvalue weighted by molar-refractivity contribution is 5.32. The van der Waals surface area contributed by atoms with E-state index in [1.807, 2.05) is 112 Å². The van der Waals surface area contributed by atoms with Gasteiger partial charge in [-0.15, -0.1) is 0 Å². The monoisotopic (exact) mass is 1850 g/mol. The molecule has 25 heteroatoms. The second-order valence-corrected chi connectivity index (χ2v) is 42.2. The third kappa shape index (κ3) is 20.3. The van der Waals surface area contributed by atoms with Crippen molar-refractivity contribution in [2.75, 3.05) is 7.11 Å². The average molecular weight is 1850 g/mol. The van der Waals surface area contributed by atoms with Crippen molar-refractivity contribution in [3.8, 4) is 0 Å². The molecule has 22 rings (SSSR count). The molecular weight excluding hydrogens is 1700 g/mol. The third-order valence-electron chi connectivity index (χ3n) is 31.6.